The van der Waals surface area contributed by atoms with Gasteiger partial charge in [-0.25, -0.2) is 0 Å². The molecule has 0 saturated carbocycles. The van der Waals surface area contributed by atoms with Crippen LogP contribution in [0.25, 0.3) is 11.0 Å². The maximum Gasteiger partial charge on any atom is 0.229 e. The van der Waals surface area contributed by atoms with Crippen LogP contribution in [0.5, 0.6) is 5.88 Å². The van der Waals surface area contributed by atoms with Crippen LogP contribution in [0.4, 0.5) is 5.95 Å². The molecule has 2 rings (SSSR count). The first-order chi connectivity index (χ1) is 6.72. The van der Waals surface area contributed by atoms with E-state index in [9.17, 15) is 0 Å². The van der Waals surface area contributed by atoms with E-state index in [0.29, 0.717) is 18.1 Å². The van der Waals surface area contributed by atoms with Crippen LogP contribution >= 0.6 is 0 Å². The molecule has 0 atom stereocenters. The lowest BCUT2D eigenvalue weighted by atomic mass is 10.3. The lowest BCUT2D eigenvalue weighted by molar-refractivity contribution is 0.331. The first-order valence-electron chi connectivity index (χ1n) is 4.33. The second-order valence-corrected chi connectivity index (χ2v) is 2.87. The molecule has 0 bridgehead atoms. The number of H-pyrrole nitrogens is 1. The van der Waals surface area contributed by atoms with Gasteiger partial charge in [0.1, 0.15) is 5.39 Å². The molecule has 14 heavy (non-hydrogen) atoms. The van der Waals surface area contributed by atoms with Gasteiger partial charge in [0.05, 0.1) is 6.61 Å². The van der Waals surface area contributed by atoms with Gasteiger partial charge in [0, 0.05) is 5.69 Å². The number of nitrogens with zero attached hydrogens (tertiary/aromatic N) is 3. The fourth-order valence-electron chi connectivity index (χ4n) is 1.29. The maximum atomic E-state index is 5.51. The van der Waals surface area contributed by atoms with Gasteiger partial charge < -0.3 is 10.5 Å². The summed E-state index contributed by atoms with van der Waals surface area (Å²) in [5.41, 5.74) is 6.93. The Balaban J connectivity index is 2.70. The van der Waals surface area contributed by atoms with Crippen molar-refractivity contribution < 1.29 is 4.74 Å². The van der Waals surface area contributed by atoms with E-state index in [0.717, 1.165) is 11.1 Å². The molecule has 6 heteroatoms. The molecular weight excluding hydrogens is 182 g/mol. The Morgan fingerprint density at radius 3 is 2.93 bits per heavy atom. The van der Waals surface area contributed by atoms with Gasteiger partial charge in [-0.3, -0.25) is 5.10 Å². The maximum absolute atomic E-state index is 5.51. The highest BCUT2D eigenvalue weighted by atomic mass is 16.5. The van der Waals surface area contributed by atoms with Crippen LogP contribution < -0.4 is 10.5 Å². The Morgan fingerprint density at radius 1 is 1.43 bits per heavy atom. The summed E-state index contributed by atoms with van der Waals surface area (Å²) in [5, 5.41) is 7.59. The van der Waals surface area contributed by atoms with Crippen molar-refractivity contribution in [1.29, 1.82) is 0 Å². The molecule has 2 aromatic rings. The Labute approximate surface area is 80.5 Å². The number of aromatic amines is 1. The van der Waals surface area contributed by atoms with E-state index in [1.165, 1.54) is 0 Å². The number of rotatable bonds is 2. The third-order valence-corrected chi connectivity index (χ3v) is 1.86. The van der Waals surface area contributed by atoms with Gasteiger partial charge in [-0.1, -0.05) is 0 Å². The largest absolute Gasteiger partial charge is 0.477 e. The zero-order valence-electron chi connectivity index (χ0n) is 8.03. The van der Waals surface area contributed by atoms with Crippen LogP contribution in [-0.2, 0) is 0 Å². The number of ether oxygens (including phenoxy) is 1. The standard InChI is InChI=1S/C8H11N5O/c1-3-14-7-5-4(2)12-13-6(5)10-8(9)11-7/h3H2,1-2H3,(H3,9,10,11,12,13). The SMILES string of the molecule is CCOc1nc(N)nc2n[nH]c(C)c12. The molecule has 0 aliphatic carbocycles. The van der Waals surface area contributed by atoms with Crippen molar-refractivity contribution in [2.75, 3.05) is 12.3 Å². The minimum absolute atomic E-state index is 0.174. The number of aromatic nitrogens is 4. The topological polar surface area (TPSA) is 89.7 Å². The normalized spacial score (nSPS) is 10.7. The summed E-state index contributed by atoms with van der Waals surface area (Å²) in [4.78, 5) is 7.99. The third kappa shape index (κ3) is 1.24. The van der Waals surface area contributed by atoms with Crippen LogP contribution in [0.1, 0.15) is 12.6 Å². The number of hydrogen-bond donors (Lipinski definition) is 2. The van der Waals surface area contributed by atoms with Gasteiger partial charge in [0.15, 0.2) is 5.65 Å². The van der Waals surface area contributed by atoms with Crippen molar-refractivity contribution >= 4 is 17.0 Å². The molecule has 3 N–H and O–H groups in total. The summed E-state index contributed by atoms with van der Waals surface area (Å²) >= 11 is 0. The van der Waals surface area contributed by atoms with Crippen LogP contribution in [0.3, 0.4) is 0 Å². The monoisotopic (exact) mass is 193 g/mol. The van der Waals surface area contributed by atoms with Gasteiger partial charge in [0.25, 0.3) is 0 Å². The van der Waals surface area contributed by atoms with Crippen LogP contribution in [0.2, 0.25) is 0 Å². The quantitative estimate of drug-likeness (QED) is 0.730. The zero-order valence-corrected chi connectivity index (χ0v) is 8.03. The number of nitrogen functional groups attached to an aromatic ring is 1. The molecule has 2 aromatic heterocycles. The third-order valence-electron chi connectivity index (χ3n) is 1.86. The van der Waals surface area contributed by atoms with Crippen molar-refractivity contribution in [1.82, 2.24) is 20.2 Å². The minimum atomic E-state index is 0.174. The molecule has 0 aliphatic rings. The molecule has 74 valence electrons. The Morgan fingerprint density at radius 2 is 2.21 bits per heavy atom. The number of nitrogens with two attached hydrogens (primary N) is 1. The number of anilines is 1. The average molecular weight is 193 g/mol. The Bertz CT molecular complexity index is 464. The first kappa shape index (κ1) is 8.74. The first-order valence-corrected chi connectivity index (χ1v) is 4.33. The number of hydrogen-bond acceptors (Lipinski definition) is 5. The Hall–Kier alpha value is -1.85. The highest BCUT2D eigenvalue weighted by Gasteiger charge is 2.12. The second kappa shape index (κ2) is 3.13. The van der Waals surface area contributed by atoms with Crippen molar-refractivity contribution in [3.05, 3.63) is 5.69 Å². The molecule has 0 fully saturated rings. The van der Waals surface area contributed by atoms with E-state index in [2.05, 4.69) is 20.2 Å². The lowest BCUT2D eigenvalue weighted by Gasteiger charge is -2.03. The van der Waals surface area contributed by atoms with Crippen LogP contribution in [0.15, 0.2) is 0 Å². The molecule has 0 aliphatic heterocycles. The molecule has 0 radical (unpaired) electrons. The van der Waals surface area contributed by atoms with Crippen LogP contribution in [-0.4, -0.2) is 26.8 Å². The zero-order chi connectivity index (χ0) is 10.1. The molecule has 0 amide bonds. The second-order valence-electron chi connectivity index (χ2n) is 2.87. The minimum Gasteiger partial charge on any atom is -0.477 e. The van der Waals surface area contributed by atoms with E-state index in [4.69, 9.17) is 10.5 Å². The molecule has 2 heterocycles. The smallest absolute Gasteiger partial charge is 0.229 e. The predicted octanol–water partition coefficient (Wildman–Crippen LogP) is 0.642. The Kier molecular flexibility index (Phi) is 1.95. The van der Waals surface area contributed by atoms with Crippen molar-refractivity contribution in [2.24, 2.45) is 0 Å². The van der Waals surface area contributed by atoms with E-state index in [-0.39, 0.29) is 5.95 Å². The molecule has 0 aromatic carbocycles. The van der Waals surface area contributed by atoms with Gasteiger partial charge in [-0.2, -0.15) is 15.1 Å². The highest BCUT2D eigenvalue weighted by Crippen LogP contribution is 2.24. The fraction of sp³-hybridized carbons (Fsp3) is 0.375. The van der Waals surface area contributed by atoms with Crippen molar-refractivity contribution in [3.63, 3.8) is 0 Å². The van der Waals surface area contributed by atoms with Gasteiger partial charge in [0.2, 0.25) is 11.8 Å². The molecular formula is C8H11N5O. The summed E-state index contributed by atoms with van der Waals surface area (Å²) in [6.45, 7) is 4.31. The van der Waals surface area contributed by atoms with E-state index in [1.807, 2.05) is 13.8 Å². The summed E-state index contributed by atoms with van der Waals surface area (Å²) in [5.74, 6) is 0.661. The van der Waals surface area contributed by atoms with Gasteiger partial charge in [-0.05, 0) is 13.8 Å². The number of aryl methyl sites for hydroxylation is 1. The van der Waals surface area contributed by atoms with Gasteiger partial charge >= 0.3 is 0 Å². The van der Waals surface area contributed by atoms with Gasteiger partial charge in [-0.15, -0.1) is 0 Å². The summed E-state index contributed by atoms with van der Waals surface area (Å²) in [7, 11) is 0. The van der Waals surface area contributed by atoms with Crippen molar-refractivity contribution in [2.45, 2.75) is 13.8 Å². The predicted molar refractivity (Wildman–Crippen MR) is 52.0 cm³/mol. The highest BCUT2D eigenvalue weighted by molar-refractivity contribution is 5.83. The average Bonchev–Trinajstić information content (AvgIpc) is 2.48. The molecule has 0 unspecified atom stereocenters. The molecule has 6 nitrogen and oxygen atoms in total. The summed E-state index contributed by atoms with van der Waals surface area (Å²) in [6.07, 6.45) is 0. The summed E-state index contributed by atoms with van der Waals surface area (Å²) < 4.78 is 5.35. The van der Waals surface area contributed by atoms with E-state index < -0.39 is 0 Å². The van der Waals surface area contributed by atoms with Crippen LogP contribution in [0, 0.1) is 6.92 Å². The molecule has 0 saturated heterocycles. The fourth-order valence-corrected chi connectivity index (χ4v) is 1.29. The van der Waals surface area contributed by atoms with Crippen molar-refractivity contribution in [3.8, 4) is 5.88 Å². The number of fused-ring (bicyclic) bond motifs is 1. The number of nitrogens with one attached hydrogen (secondary N) is 1. The molecule has 0 spiro atoms. The summed E-state index contributed by atoms with van der Waals surface area (Å²) in [6, 6.07) is 0. The lowest BCUT2D eigenvalue weighted by Crippen LogP contribution is -2.01. The van der Waals surface area contributed by atoms with E-state index in [1.54, 1.807) is 0 Å². The van der Waals surface area contributed by atoms with E-state index >= 15 is 0 Å².